The number of nitrogens with zero attached hydrogens (tertiary/aromatic N) is 2. The molecule has 22 heavy (non-hydrogen) atoms. The van der Waals surface area contributed by atoms with E-state index in [0.29, 0.717) is 6.54 Å². The van der Waals surface area contributed by atoms with Crippen molar-refractivity contribution in [2.45, 2.75) is 71.4 Å². The Morgan fingerprint density at radius 2 is 1.77 bits per heavy atom. The molecule has 0 bridgehead atoms. The molecule has 6 heteroatoms. The first-order chi connectivity index (χ1) is 10.1. The SMILES string of the molecule is CC(C)N1C(=O)CN(S(=O)(=O)CC2CCCCC2)CC1(C)C. The molecule has 0 N–H and O–H groups in total. The molecular weight excluding hydrogens is 300 g/mol. The Balaban J connectivity index is 2.10. The average Bonchev–Trinajstić information content (AvgIpc) is 2.36. The molecule has 0 radical (unpaired) electrons. The number of amides is 1. The summed E-state index contributed by atoms with van der Waals surface area (Å²) in [6.07, 6.45) is 5.48. The molecule has 0 aromatic rings. The third kappa shape index (κ3) is 3.82. The van der Waals surface area contributed by atoms with Crippen molar-refractivity contribution in [1.82, 2.24) is 9.21 Å². The van der Waals surface area contributed by atoms with Gasteiger partial charge in [-0.15, -0.1) is 0 Å². The first kappa shape index (κ1) is 17.7. The Hall–Kier alpha value is -0.620. The summed E-state index contributed by atoms with van der Waals surface area (Å²) in [6, 6.07) is 0.0886. The summed E-state index contributed by atoms with van der Waals surface area (Å²) in [6.45, 7) is 8.25. The van der Waals surface area contributed by atoms with Gasteiger partial charge in [-0.05, 0) is 46.5 Å². The molecule has 1 aliphatic carbocycles. The van der Waals surface area contributed by atoms with Crippen LogP contribution in [-0.2, 0) is 14.8 Å². The van der Waals surface area contributed by atoms with Crippen molar-refractivity contribution in [3.8, 4) is 0 Å². The standard InChI is InChI=1S/C16H30N2O3S/c1-13(2)18-15(19)10-17(12-16(18,3)4)22(20,21)11-14-8-6-5-7-9-14/h13-14H,5-12H2,1-4H3. The normalized spacial score (nSPS) is 25.0. The Morgan fingerprint density at radius 3 is 2.27 bits per heavy atom. The lowest BCUT2D eigenvalue weighted by Crippen LogP contribution is -2.65. The molecule has 1 amide bonds. The van der Waals surface area contributed by atoms with Gasteiger partial charge in [-0.3, -0.25) is 4.79 Å². The minimum Gasteiger partial charge on any atom is -0.333 e. The molecule has 0 aromatic heterocycles. The Bertz CT molecular complexity index is 507. The number of rotatable bonds is 4. The summed E-state index contributed by atoms with van der Waals surface area (Å²) in [5, 5.41) is 0. The maximum atomic E-state index is 12.7. The van der Waals surface area contributed by atoms with E-state index in [0.717, 1.165) is 25.7 Å². The fraction of sp³-hybridized carbons (Fsp3) is 0.938. The van der Waals surface area contributed by atoms with Gasteiger partial charge in [0.1, 0.15) is 0 Å². The topological polar surface area (TPSA) is 57.7 Å². The first-order valence-corrected chi connectivity index (χ1v) is 10.0. The van der Waals surface area contributed by atoms with Crippen LogP contribution in [0.1, 0.15) is 59.8 Å². The summed E-state index contributed by atoms with van der Waals surface area (Å²) < 4.78 is 26.9. The lowest BCUT2D eigenvalue weighted by molar-refractivity contribution is -0.144. The fourth-order valence-corrected chi connectivity index (χ4v) is 6.03. The molecule has 1 heterocycles. The van der Waals surface area contributed by atoms with E-state index >= 15 is 0 Å². The highest BCUT2D eigenvalue weighted by molar-refractivity contribution is 7.89. The number of carbonyl (C=O) groups is 1. The van der Waals surface area contributed by atoms with Crippen LogP contribution in [0.4, 0.5) is 0 Å². The highest BCUT2D eigenvalue weighted by Crippen LogP contribution is 2.29. The van der Waals surface area contributed by atoms with Gasteiger partial charge in [0, 0.05) is 12.6 Å². The molecule has 0 aromatic carbocycles. The fourth-order valence-electron chi connectivity index (χ4n) is 4.07. The van der Waals surface area contributed by atoms with Gasteiger partial charge in [-0.25, -0.2) is 8.42 Å². The van der Waals surface area contributed by atoms with Gasteiger partial charge in [0.15, 0.2) is 0 Å². The lowest BCUT2D eigenvalue weighted by Gasteiger charge is -2.48. The molecule has 0 atom stereocenters. The van der Waals surface area contributed by atoms with Crippen molar-refractivity contribution in [2.75, 3.05) is 18.8 Å². The van der Waals surface area contributed by atoms with Crippen LogP contribution in [0.15, 0.2) is 0 Å². The summed E-state index contributed by atoms with van der Waals surface area (Å²) in [5.74, 6) is 0.386. The van der Waals surface area contributed by atoms with Gasteiger partial charge in [-0.1, -0.05) is 19.3 Å². The van der Waals surface area contributed by atoms with Gasteiger partial charge < -0.3 is 4.90 Å². The molecule has 0 unspecified atom stereocenters. The minimum absolute atomic E-state index is 0.00331. The molecular formula is C16H30N2O3S. The Kier molecular flexibility index (Phi) is 5.22. The van der Waals surface area contributed by atoms with E-state index in [-0.39, 0.29) is 30.2 Å². The summed E-state index contributed by atoms with van der Waals surface area (Å²) >= 11 is 0. The van der Waals surface area contributed by atoms with Crippen molar-refractivity contribution >= 4 is 15.9 Å². The number of sulfonamides is 1. The molecule has 2 fully saturated rings. The van der Waals surface area contributed by atoms with Gasteiger partial charge in [0.25, 0.3) is 0 Å². The molecule has 2 rings (SSSR count). The van der Waals surface area contributed by atoms with Crippen molar-refractivity contribution in [1.29, 1.82) is 0 Å². The second-order valence-corrected chi connectivity index (χ2v) is 9.73. The summed E-state index contributed by atoms with van der Waals surface area (Å²) in [4.78, 5) is 14.2. The number of hydrogen-bond acceptors (Lipinski definition) is 3. The van der Waals surface area contributed by atoms with Crippen molar-refractivity contribution in [3.63, 3.8) is 0 Å². The van der Waals surface area contributed by atoms with Crippen LogP contribution in [0.3, 0.4) is 0 Å². The van der Waals surface area contributed by atoms with E-state index in [9.17, 15) is 13.2 Å². The van der Waals surface area contributed by atoms with E-state index in [4.69, 9.17) is 0 Å². The summed E-state index contributed by atoms with van der Waals surface area (Å²) in [7, 11) is -3.35. The van der Waals surface area contributed by atoms with Crippen LogP contribution in [0.2, 0.25) is 0 Å². The second-order valence-electron chi connectivity index (χ2n) is 7.72. The van der Waals surface area contributed by atoms with E-state index in [1.54, 1.807) is 0 Å². The van der Waals surface area contributed by atoms with Crippen molar-refractivity contribution in [2.24, 2.45) is 5.92 Å². The van der Waals surface area contributed by atoms with Crippen molar-refractivity contribution < 1.29 is 13.2 Å². The number of hydrogen-bond donors (Lipinski definition) is 0. The Morgan fingerprint density at radius 1 is 1.18 bits per heavy atom. The number of piperazine rings is 1. The molecule has 2 aliphatic rings. The van der Waals surface area contributed by atoms with Crippen LogP contribution >= 0.6 is 0 Å². The third-order valence-corrected chi connectivity index (χ3v) is 6.81. The van der Waals surface area contributed by atoms with E-state index in [1.807, 2.05) is 32.6 Å². The van der Waals surface area contributed by atoms with Crippen LogP contribution in [0.5, 0.6) is 0 Å². The zero-order valence-corrected chi connectivity index (χ0v) is 15.2. The lowest BCUT2D eigenvalue weighted by atomic mass is 9.91. The second kappa shape index (κ2) is 6.48. The predicted octanol–water partition coefficient (Wildman–Crippen LogP) is 2.23. The first-order valence-electron chi connectivity index (χ1n) is 8.43. The van der Waals surface area contributed by atoms with E-state index < -0.39 is 15.6 Å². The van der Waals surface area contributed by atoms with Crippen LogP contribution in [0.25, 0.3) is 0 Å². The molecule has 1 aliphatic heterocycles. The zero-order valence-electron chi connectivity index (χ0n) is 14.3. The van der Waals surface area contributed by atoms with Crippen LogP contribution in [-0.4, -0.2) is 54.0 Å². The van der Waals surface area contributed by atoms with Gasteiger partial charge in [0.2, 0.25) is 15.9 Å². The highest BCUT2D eigenvalue weighted by atomic mass is 32.2. The predicted molar refractivity (Wildman–Crippen MR) is 88.0 cm³/mol. The quantitative estimate of drug-likeness (QED) is 0.794. The zero-order chi connectivity index (χ0) is 16.5. The van der Waals surface area contributed by atoms with Crippen molar-refractivity contribution in [3.05, 3.63) is 0 Å². The van der Waals surface area contributed by atoms with Crippen LogP contribution in [0, 0.1) is 5.92 Å². The molecule has 5 nitrogen and oxygen atoms in total. The monoisotopic (exact) mass is 330 g/mol. The average molecular weight is 330 g/mol. The highest BCUT2D eigenvalue weighted by Gasteiger charge is 2.43. The maximum Gasteiger partial charge on any atom is 0.238 e. The third-order valence-electron chi connectivity index (χ3n) is 4.88. The minimum atomic E-state index is -3.35. The van der Waals surface area contributed by atoms with E-state index in [1.165, 1.54) is 10.7 Å². The molecule has 128 valence electrons. The van der Waals surface area contributed by atoms with Gasteiger partial charge >= 0.3 is 0 Å². The Labute approximate surface area is 135 Å². The molecule has 0 spiro atoms. The molecule has 1 saturated carbocycles. The van der Waals surface area contributed by atoms with Crippen LogP contribution < -0.4 is 0 Å². The smallest absolute Gasteiger partial charge is 0.238 e. The number of carbonyl (C=O) groups excluding carboxylic acids is 1. The largest absolute Gasteiger partial charge is 0.333 e. The molecule has 1 saturated heterocycles. The van der Waals surface area contributed by atoms with Gasteiger partial charge in [-0.2, -0.15) is 4.31 Å². The maximum absolute atomic E-state index is 12.7. The van der Waals surface area contributed by atoms with Gasteiger partial charge in [0.05, 0.1) is 17.8 Å². The summed E-state index contributed by atoms with van der Waals surface area (Å²) in [5.41, 5.74) is -0.455. The van der Waals surface area contributed by atoms with E-state index in [2.05, 4.69) is 0 Å².